The van der Waals surface area contributed by atoms with Crippen LogP contribution in [0.25, 0.3) is 0 Å². The first-order chi connectivity index (χ1) is 6.86. The molecule has 1 heterocycles. The summed E-state index contributed by atoms with van der Waals surface area (Å²) in [4.78, 5) is 11.4. The quantitative estimate of drug-likeness (QED) is 0.416. The van der Waals surface area contributed by atoms with Crippen molar-refractivity contribution in [1.82, 2.24) is 0 Å². The molecule has 0 N–H and O–H groups in total. The van der Waals surface area contributed by atoms with Gasteiger partial charge in [0.2, 0.25) is 0 Å². The lowest BCUT2D eigenvalue weighted by molar-refractivity contribution is -0.380. The Kier molecular flexibility index (Phi) is 3.15. The van der Waals surface area contributed by atoms with Crippen molar-refractivity contribution in [2.45, 2.75) is 33.1 Å². The fourth-order valence-electron chi connectivity index (χ4n) is 1.11. The number of nitro groups is 1. The number of hydrogen-bond donors (Lipinski definition) is 0. The zero-order valence-electron chi connectivity index (χ0n) is 9.25. The molecular formula is C11H13NO2S. The molecule has 0 saturated carbocycles. The molecule has 0 unspecified atom stereocenters. The predicted octanol–water partition coefficient (Wildman–Crippen LogP) is 3.33. The van der Waals surface area contributed by atoms with Gasteiger partial charge in [-0.3, -0.25) is 10.1 Å². The highest BCUT2D eigenvalue weighted by atomic mass is 32.1. The van der Waals surface area contributed by atoms with Gasteiger partial charge in [-0.1, -0.05) is 38.0 Å². The number of nitrogens with zero attached hydrogens (tertiary/aromatic N) is 1. The van der Waals surface area contributed by atoms with E-state index in [1.807, 2.05) is 26.8 Å². The second-order valence-corrected chi connectivity index (χ2v) is 5.24. The summed E-state index contributed by atoms with van der Waals surface area (Å²) in [6, 6.07) is 1.82. The zero-order chi connectivity index (χ0) is 11.6. The van der Waals surface area contributed by atoms with Crippen LogP contribution in [0, 0.1) is 22.0 Å². The van der Waals surface area contributed by atoms with E-state index in [0.29, 0.717) is 5.56 Å². The Labute approximate surface area is 93.3 Å². The van der Waals surface area contributed by atoms with Gasteiger partial charge in [0.1, 0.15) is 5.56 Å². The lowest BCUT2D eigenvalue weighted by atomic mass is 9.94. The minimum Gasteiger partial charge on any atom is -0.258 e. The summed E-state index contributed by atoms with van der Waals surface area (Å²) in [5.74, 6) is 5.46. The summed E-state index contributed by atoms with van der Waals surface area (Å²) in [6.07, 6.45) is 0. The van der Waals surface area contributed by atoms with E-state index >= 15 is 0 Å². The molecule has 0 aromatic carbocycles. The lowest BCUT2D eigenvalue weighted by Crippen LogP contribution is -2.07. The topological polar surface area (TPSA) is 43.1 Å². The van der Waals surface area contributed by atoms with Crippen LogP contribution in [0.4, 0.5) is 5.00 Å². The van der Waals surface area contributed by atoms with Crippen LogP contribution >= 0.6 is 11.3 Å². The van der Waals surface area contributed by atoms with Crippen molar-refractivity contribution >= 4 is 16.3 Å². The fourth-order valence-corrected chi connectivity index (χ4v) is 2.10. The molecule has 0 amide bonds. The Hall–Kier alpha value is -1.34. The van der Waals surface area contributed by atoms with Crippen LogP contribution in [0.3, 0.4) is 0 Å². The molecule has 0 aliphatic heterocycles. The third kappa shape index (κ3) is 2.57. The van der Waals surface area contributed by atoms with E-state index in [9.17, 15) is 10.1 Å². The molecule has 80 valence electrons. The third-order valence-electron chi connectivity index (χ3n) is 1.88. The normalized spacial score (nSPS) is 10.7. The number of hydrogen-bond acceptors (Lipinski definition) is 3. The maximum Gasteiger partial charge on any atom is 0.339 e. The second-order valence-electron chi connectivity index (χ2n) is 4.21. The van der Waals surface area contributed by atoms with Crippen molar-refractivity contribution in [3.05, 3.63) is 26.6 Å². The van der Waals surface area contributed by atoms with E-state index in [-0.39, 0.29) is 15.3 Å². The number of rotatable bonds is 1. The van der Waals surface area contributed by atoms with Gasteiger partial charge in [0.25, 0.3) is 0 Å². The molecule has 0 fully saturated rings. The van der Waals surface area contributed by atoms with E-state index in [0.717, 1.165) is 4.88 Å². The summed E-state index contributed by atoms with van der Waals surface area (Å²) >= 11 is 1.21. The maximum atomic E-state index is 10.8. The van der Waals surface area contributed by atoms with E-state index in [1.165, 1.54) is 11.3 Å². The molecule has 0 aliphatic carbocycles. The van der Waals surface area contributed by atoms with Crippen LogP contribution in [0.15, 0.2) is 6.07 Å². The SMILES string of the molecule is CC#Cc1cc(C(C)(C)C)sc1[N+](=O)[O-]. The van der Waals surface area contributed by atoms with Gasteiger partial charge in [0.15, 0.2) is 0 Å². The van der Waals surface area contributed by atoms with Gasteiger partial charge >= 0.3 is 5.00 Å². The summed E-state index contributed by atoms with van der Waals surface area (Å²) < 4.78 is 0. The van der Waals surface area contributed by atoms with Crippen LogP contribution < -0.4 is 0 Å². The highest BCUT2D eigenvalue weighted by Crippen LogP contribution is 2.36. The minimum atomic E-state index is -0.362. The van der Waals surface area contributed by atoms with Crippen molar-refractivity contribution in [3.8, 4) is 11.8 Å². The van der Waals surface area contributed by atoms with Crippen molar-refractivity contribution in [2.75, 3.05) is 0 Å². The van der Waals surface area contributed by atoms with Crippen LogP contribution in [0.5, 0.6) is 0 Å². The summed E-state index contributed by atoms with van der Waals surface area (Å²) in [5.41, 5.74) is 0.459. The molecule has 3 nitrogen and oxygen atoms in total. The highest BCUT2D eigenvalue weighted by molar-refractivity contribution is 7.15. The maximum absolute atomic E-state index is 10.8. The Balaban J connectivity index is 3.31. The van der Waals surface area contributed by atoms with Gasteiger partial charge in [-0.2, -0.15) is 0 Å². The molecule has 4 heteroatoms. The molecule has 0 bridgehead atoms. The highest BCUT2D eigenvalue weighted by Gasteiger charge is 2.24. The largest absolute Gasteiger partial charge is 0.339 e. The Morgan fingerprint density at radius 2 is 2.07 bits per heavy atom. The molecular weight excluding hydrogens is 210 g/mol. The Morgan fingerprint density at radius 3 is 2.47 bits per heavy atom. The smallest absolute Gasteiger partial charge is 0.258 e. The van der Waals surface area contributed by atoms with Gasteiger partial charge in [-0.25, -0.2) is 0 Å². The molecule has 1 rings (SSSR count). The van der Waals surface area contributed by atoms with E-state index in [1.54, 1.807) is 6.92 Å². The second kappa shape index (κ2) is 4.03. The molecule has 1 aromatic rings. The molecule has 1 aromatic heterocycles. The number of thiophene rings is 1. The van der Waals surface area contributed by atoms with Crippen LogP contribution in [0.1, 0.15) is 38.1 Å². The van der Waals surface area contributed by atoms with Crippen LogP contribution in [-0.4, -0.2) is 4.92 Å². The zero-order valence-corrected chi connectivity index (χ0v) is 10.1. The lowest BCUT2D eigenvalue weighted by Gasteiger charge is -2.14. The van der Waals surface area contributed by atoms with Crippen molar-refractivity contribution in [3.63, 3.8) is 0 Å². The monoisotopic (exact) mass is 223 g/mol. The van der Waals surface area contributed by atoms with Gasteiger partial charge in [0.05, 0.1) is 4.92 Å². The molecule has 0 saturated heterocycles. The first-order valence-electron chi connectivity index (χ1n) is 4.57. The van der Waals surface area contributed by atoms with Gasteiger partial charge in [-0.15, -0.1) is 5.92 Å². The average Bonchev–Trinajstić information content (AvgIpc) is 2.48. The molecule has 15 heavy (non-hydrogen) atoms. The average molecular weight is 223 g/mol. The van der Waals surface area contributed by atoms with Crippen molar-refractivity contribution in [1.29, 1.82) is 0 Å². The summed E-state index contributed by atoms with van der Waals surface area (Å²) in [7, 11) is 0. The molecule has 0 radical (unpaired) electrons. The molecule has 0 aliphatic rings. The van der Waals surface area contributed by atoms with E-state index in [2.05, 4.69) is 11.8 Å². The standard InChI is InChI=1S/C11H13NO2S/c1-5-6-8-7-9(11(2,3)4)15-10(8)12(13)14/h7H,1-4H3. The van der Waals surface area contributed by atoms with E-state index < -0.39 is 0 Å². The Bertz CT molecular complexity index is 443. The summed E-state index contributed by atoms with van der Waals surface area (Å²) in [5, 5.41) is 10.9. The van der Waals surface area contributed by atoms with Crippen molar-refractivity contribution in [2.24, 2.45) is 0 Å². The fraction of sp³-hybridized carbons (Fsp3) is 0.455. The van der Waals surface area contributed by atoms with E-state index in [4.69, 9.17) is 0 Å². The minimum absolute atomic E-state index is 0.0664. The van der Waals surface area contributed by atoms with Crippen molar-refractivity contribution < 1.29 is 4.92 Å². The third-order valence-corrected chi connectivity index (χ3v) is 3.39. The van der Waals surface area contributed by atoms with Crippen LogP contribution in [-0.2, 0) is 5.41 Å². The first-order valence-corrected chi connectivity index (χ1v) is 5.39. The van der Waals surface area contributed by atoms with Gasteiger partial charge in [0, 0.05) is 4.88 Å². The predicted molar refractivity (Wildman–Crippen MR) is 62.2 cm³/mol. The van der Waals surface area contributed by atoms with Crippen LogP contribution in [0.2, 0.25) is 0 Å². The molecule has 0 spiro atoms. The summed E-state index contributed by atoms with van der Waals surface area (Å²) in [6.45, 7) is 7.78. The Morgan fingerprint density at radius 1 is 1.47 bits per heavy atom. The van der Waals surface area contributed by atoms with Gasteiger partial charge < -0.3 is 0 Å². The van der Waals surface area contributed by atoms with Gasteiger partial charge in [-0.05, 0) is 18.4 Å². The molecule has 0 atom stereocenters. The first kappa shape index (κ1) is 11.7.